The first-order valence-corrected chi connectivity index (χ1v) is 9.60. The maximum atomic E-state index is 13.1. The topological polar surface area (TPSA) is 63.0 Å². The molecule has 0 amide bonds. The second-order valence-corrected chi connectivity index (χ2v) is 7.07. The van der Waals surface area contributed by atoms with Crippen molar-refractivity contribution < 1.29 is 4.39 Å². The van der Waals surface area contributed by atoms with E-state index in [0.717, 1.165) is 61.0 Å². The van der Waals surface area contributed by atoms with Crippen LogP contribution in [0.2, 0.25) is 0 Å². The van der Waals surface area contributed by atoms with E-state index in [2.05, 4.69) is 29.9 Å². The number of hydrogen-bond donors (Lipinski definition) is 0. The van der Waals surface area contributed by atoms with E-state index in [1.54, 1.807) is 17.2 Å². The zero-order chi connectivity index (χ0) is 19.6. The molecule has 29 heavy (non-hydrogen) atoms. The highest BCUT2D eigenvalue weighted by molar-refractivity contribution is 5.87. The van der Waals surface area contributed by atoms with E-state index in [1.165, 1.54) is 12.1 Å². The molecule has 1 aliphatic rings. The molecular weight excluding hydrogens is 369 g/mol. The summed E-state index contributed by atoms with van der Waals surface area (Å²) in [4.78, 5) is 18.0. The largest absolute Gasteiger partial charge is 0.353 e. The third kappa shape index (κ3) is 3.54. The Balaban J connectivity index is 1.33. The fourth-order valence-corrected chi connectivity index (χ4v) is 3.70. The number of aromatic nitrogens is 5. The Morgan fingerprint density at radius 3 is 2.48 bits per heavy atom. The van der Waals surface area contributed by atoms with Crippen molar-refractivity contribution in [3.8, 4) is 5.82 Å². The monoisotopic (exact) mass is 389 g/mol. The van der Waals surface area contributed by atoms with Crippen LogP contribution in [0, 0.1) is 5.82 Å². The van der Waals surface area contributed by atoms with Gasteiger partial charge in [-0.3, -0.25) is 4.90 Å². The lowest BCUT2D eigenvalue weighted by Crippen LogP contribution is -2.46. The molecule has 1 saturated heterocycles. The molecule has 0 bridgehead atoms. The second-order valence-electron chi connectivity index (χ2n) is 7.07. The van der Waals surface area contributed by atoms with Crippen molar-refractivity contribution in [3.63, 3.8) is 0 Å². The van der Waals surface area contributed by atoms with Gasteiger partial charge in [-0.25, -0.2) is 19.3 Å². The number of pyridine rings is 1. The predicted octanol–water partition coefficient (Wildman–Crippen LogP) is 2.67. The molecule has 1 aliphatic heterocycles. The Morgan fingerprint density at radius 2 is 1.72 bits per heavy atom. The molecule has 0 N–H and O–H groups in total. The van der Waals surface area contributed by atoms with E-state index >= 15 is 0 Å². The molecular formula is C21H20FN7. The number of anilines is 1. The van der Waals surface area contributed by atoms with Crippen molar-refractivity contribution in [1.82, 2.24) is 29.6 Å². The SMILES string of the molecule is Fc1ccc(CN2CCN(c3ncnc4c3cnn4-c3ccccn3)CC2)cc1. The van der Waals surface area contributed by atoms with E-state index in [4.69, 9.17) is 0 Å². The molecule has 7 nitrogen and oxygen atoms in total. The average molecular weight is 389 g/mol. The molecule has 1 fully saturated rings. The summed E-state index contributed by atoms with van der Waals surface area (Å²) < 4.78 is 14.8. The fourth-order valence-electron chi connectivity index (χ4n) is 3.70. The van der Waals surface area contributed by atoms with Gasteiger partial charge in [-0.2, -0.15) is 9.78 Å². The first-order valence-electron chi connectivity index (χ1n) is 9.60. The van der Waals surface area contributed by atoms with Crippen LogP contribution in [-0.4, -0.2) is 55.8 Å². The molecule has 0 saturated carbocycles. The van der Waals surface area contributed by atoms with E-state index in [1.807, 2.05) is 36.5 Å². The number of piperazine rings is 1. The summed E-state index contributed by atoms with van der Waals surface area (Å²) in [5, 5.41) is 5.40. The molecule has 0 radical (unpaired) electrons. The van der Waals surface area contributed by atoms with Crippen LogP contribution < -0.4 is 4.90 Å². The summed E-state index contributed by atoms with van der Waals surface area (Å²) in [6.07, 6.45) is 5.14. The van der Waals surface area contributed by atoms with Crippen molar-refractivity contribution in [2.45, 2.75) is 6.54 Å². The third-order valence-corrected chi connectivity index (χ3v) is 5.20. The van der Waals surface area contributed by atoms with Crippen LogP contribution in [0.15, 0.2) is 61.2 Å². The minimum atomic E-state index is -0.197. The molecule has 8 heteroatoms. The lowest BCUT2D eigenvalue weighted by Gasteiger charge is -2.35. The van der Waals surface area contributed by atoms with Crippen LogP contribution in [0.1, 0.15) is 5.56 Å². The van der Waals surface area contributed by atoms with Crippen LogP contribution in [-0.2, 0) is 6.54 Å². The van der Waals surface area contributed by atoms with Gasteiger partial charge in [0.25, 0.3) is 0 Å². The summed E-state index contributed by atoms with van der Waals surface area (Å²) >= 11 is 0. The van der Waals surface area contributed by atoms with Crippen molar-refractivity contribution in [2.75, 3.05) is 31.1 Å². The number of benzene rings is 1. The Morgan fingerprint density at radius 1 is 0.897 bits per heavy atom. The Kier molecular flexibility index (Phi) is 4.61. The molecule has 1 aromatic carbocycles. The van der Waals surface area contributed by atoms with Crippen LogP contribution >= 0.6 is 0 Å². The number of nitrogens with zero attached hydrogens (tertiary/aromatic N) is 7. The van der Waals surface area contributed by atoms with Crippen molar-refractivity contribution in [3.05, 3.63) is 72.6 Å². The summed E-state index contributed by atoms with van der Waals surface area (Å²) in [7, 11) is 0. The minimum absolute atomic E-state index is 0.197. The number of fused-ring (bicyclic) bond motifs is 1. The standard InChI is InChI=1S/C21H20FN7/c22-17-6-4-16(5-7-17)14-27-9-11-28(12-10-27)20-18-13-26-29(21(18)25-15-24-20)19-3-1-2-8-23-19/h1-8,13,15H,9-12,14H2. The Hall–Kier alpha value is -3.39. The molecule has 5 rings (SSSR count). The predicted molar refractivity (Wildman–Crippen MR) is 108 cm³/mol. The quantitative estimate of drug-likeness (QED) is 0.535. The van der Waals surface area contributed by atoms with Gasteiger partial charge in [0.15, 0.2) is 11.5 Å². The van der Waals surface area contributed by atoms with Crippen LogP contribution in [0.4, 0.5) is 10.2 Å². The van der Waals surface area contributed by atoms with Gasteiger partial charge in [0.1, 0.15) is 18.0 Å². The molecule has 0 atom stereocenters. The van der Waals surface area contributed by atoms with Gasteiger partial charge < -0.3 is 4.90 Å². The van der Waals surface area contributed by atoms with Gasteiger partial charge in [0.2, 0.25) is 0 Å². The highest BCUT2D eigenvalue weighted by Gasteiger charge is 2.21. The van der Waals surface area contributed by atoms with Crippen molar-refractivity contribution in [2.24, 2.45) is 0 Å². The van der Waals surface area contributed by atoms with Gasteiger partial charge in [-0.15, -0.1) is 0 Å². The second kappa shape index (κ2) is 7.56. The van der Waals surface area contributed by atoms with Gasteiger partial charge in [0, 0.05) is 38.9 Å². The summed E-state index contributed by atoms with van der Waals surface area (Å²) in [5.74, 6) is 1.44. The molecule has 0 spiro atoms. The molecule has 146 valence electrons. The zero-order valence-corrected chi connectivity index (χ0v) is 15.8. The lowest BCUT2D eigenvalue weighted by molar-refractivity contribution is 0.249. The molecule has 0 aliphatic carbocycles. The smallest absolute Gasteiger partial charge is 0.170 e. The molecule has 4 aromatic rings. The first kappa shape index (κ1) is 17.7. The summed E-state index contributed by atoms with van der Waals surface area (Å²) in [6.45, 7) is 4.38. The fraction of sp³-hybridized carbons (Fsp3) is 0.238. The third-order valence-electron chi connectivity index (χ3n) is 5.20. The minimum Gasteiger partial charge on any atom is -0.353 e. The van der Waals surface area contributed by atoms with E-state index < -0.39 is 0 Å². The van der Waals surface area contributed by atoms with Gasteiger partial charge in [-0.05, 0) is 29.8 Å². The maximum Gasteiger partial charge on any atom is 0.170 e. The van der Waals surface area contributed by atoms with Gasteiger partial charge in [0.05, 0.1) is 11.6 Å². The number of rotatable bonds is 4. The summed E-state index contributed by atoms with van der Waals surface area (Å²) in [6, 6.07) is 12.4. The maximum absolute atomic E-state index is 13.1. The van der Waals surface area contributed by atoms with E-state index in [-0.39, 0.29) is 5.82 Å². The van der Waals surface area contributed by atoms with Gasteiger partial charge in [-0.1, -0.05) is 18.2 Å². The lowest BCUT2D eigenvalue weighted by atomic mass is 10.2. The first-order chi connectivity index (χ1) is 14.3. The highest BCUT2D eigenvalue weighted by Crippen LogP contribution is 2.25. The van der Waals surface area contributed by atoms with Crippen LogP contribution in [0.5, 0.6) is 0 Å². The Bertz CT molecular complexity index is 1100. The van der Waals surface area contributed by atoms with E-state index in [0.29, 0.717) is 0 Å². The van der Waals surface area contributed by atoms with Crippen LogP contribution in [0.3, 0.4) is 0 Å². The zero-order valence-electron chi connectivity index (χ0n) is 15.8. The molecule has 0 unspecified atom stereocenters. The number of hydrogen-bond acceptors (Lipinski definition) is 6. The summed E-state index contributed by atoms with van der Waals surface area (Å²) in [5.41, 5.74) is 1.88. The average Bonchev–Trinajstić information content (AvgIpc) is 3.21. The number of halogens is 1. The normalized spacial score (nSPS) is 15.1. The molecule has 3 aromatic heterocycles. The molecule has 4 heterocycles. The Labute approximate surface area is 167 Å². The van der Waals surface area contributed by atoms with Gasteiger partial charge >= 0.3 is 0 Å². The van der Waals surface area contributed by atoms with E-state index in [9.17, 15) is 4.39 Å². The van der Waals surface area contributed by atoms with Crippen LogP contribution in [0.25, 0.3) is 16.9 Å². The highest BCUT2D eigenvalue weighted by atomic mass is 19.1. The van der Waals surface area contributed by atoms with Crippen molar-refractivity contribution >= 4 is 16.9 Å². The van der Waals surface area contributed by atoms with Crippen molar-refractivity contribution in [1.29, 1.82) is 0 Å².